The third-order valence-electron chi connectivity index (χ3n) is 3.44. The van der Waals surface area contributed by atoms with Crippen molar-refractivity contribution in [3.05, 3.63) is 0 Å². The van der Waals surface area contributed by atoms with Gasteiger partial charge in [0, 0.05) is 19.0 Å². The first-order chi connectivity index (χ1) is 7.80. The van der Waals surface area contributed by atoms with E-state index in [1.807, 2.05) is 20.8 Å². The van der Waals surface area contributed by atoms with E-state index in [0.29, 0.717) is 19.5 Å². The third-order valence-corrected chi connectivity index (χ3v) is 3.44. The lowest BCUT2D eigenvalue weighted by Gasteiger charge is -2.33. The summed E-state index contributed by atoms with van der Waals surface area (Å²) in [5, 5.41) is 13.7. The molecular weight excluding hydrogens is 220 g/mol. The molecule has 2 rings (SSSR count). The third kappa shape index (κ3) is 2.72. The lowest BCUT2D eigenvalue weighted by atomic mass is 9.85. The Kier molecular flexibility index (Phi) is 3.08. The van der Waals surface area contributed by atoms with E-state index in [2.05, 4.69) is 5.32 Å². The van der Waals surface area contributed by atoms with Crippen LogP contribution >= 0.6 is 0 Å². The number of nitrogens with one attached hydrogen (secondary N) is 1. The molecule has 0 saturated carbocycles. The van der Waals surface area contributed by atoms with E-state index in [0.717, 1.165) is 13.1 Å². The second-order valence-corrected chi connectivity index (χ2v) is 6.12. The Morgan fingerprint density at radius 1 is 1.53 bits per heavy atom. The van der Waals surface area contributed by atoms with Gasteiger partial charge in [0.2, 0.25) is 0 Å². The minimum Gasteiger partial charge on any atom is -0.444 e. The van der Waals surface area contributed by atoms with Gasteiger partial charge in [0.15, 0.2) is 0 Å². The molecule has 2 N–H and O–H groups in total. The van der Waals surface area contributed by atoms with Crippen molar-refractivity contribution < 1.29 is 14.6 Å². The fourth-order valence-corrected chi connectivity index (χ4v) is 2.54. The van der Waals surface area contributed by atoms with E-state index in [1.165, 1.54) is 0 Å². The first-order valence-electron chi connectivity index (χ1n) is 6.21. The standard InChI is InChI=1S/C12H22N2O3/c1-11(2,3)17-10(15)14-7-9-6-13-5-4-12(9,16)8-14/h9,13,16H,4-8H2,1-3H3. The molecule has 0 bridgehead atoms. The molecule has 5 heteroatoms. The summed E-state index contributed by atoms with van der Waals surface area (Å²) >= 11 is 0. The highest BCUT2D eigenvalue weighted by molar-refractivity contribution is 5.68. The van der Waals surface area contributed by atoms with Crippen LogP contribution in [0.1, 0.15) is 27.2 Å². The maximum Gasteiger partial charge on any atom is 0.410 e. The zero-order valence-corrected chi connectivity index (χ0v) is 10.8. The summed E-state index contributed by atoms with van der Waals surface area (Å²) in [5.74, 6) is 0.128. The summed E-state index contributed by atoms with van der Waals surface area (Å²) in [6, 6.07) is 0. The van der Waals surface area contributed by atoms with Crippen molar-refractivity contribution in [2.75, 3.05) is 26.2 Å². The summed E-state index contributed by atoms with van der Waals surface area (Å²) in [6.45, 7) is 8.12. The van der Waals surface area contributed by atoms with Gasteiger partial charge in [-0.15, -0.1) is 0 Å². The molecular formula is C12H22N2O3. The number of ether oxygens (including phenoxy) is 1. The summed E-state index contributed by atoms with van der Waals surface area (Å²) in [6.07, 6.45) is 0.386. The number of aliphatic hydroxyl groups is 1. The first-order valence-corrected chi connectivity index (χ1v) is 6.21. The van der Waals surface area contributed by atoms with E-state index in [-0.39, 0.29) is 12.0 Å². The normalized spacial score (nSPS) is 33.4. The van der Waals surface area contributed by atoms with E-state index < -0.39 is 11.2 Å². The number of likely N-dealkylation sites (tertiary alicyclic amines) is 1. The van der Waals surface area contributed by atoms with Crippen molar-refractivity contribution in [1.82, 2.24) is 10.2 Å². The number of nitrogens with zero attached hydrogens (tertiary/aromatic N) is 1. The number of fused-ring (bicyclic) bond motifs is 1. The van der Waals surface area contributed by atoms with Crippen molar-refractivity contribution in [2.24, 2.45) is 5.92 Å². The van der Waals surface area contributed by atoms with Crippen molar-refractivity contribution in [3.8, 4) is 0 Å². The molecule has 17 heavy (non-hydrogen) atoms. The van der Waals surface area contributed by atoms with Gasteiger partial charge in [-0.25, -0.2) is 4.79 Å². The van der Waals surface area contributed by atoms with Crippen LogP contribution in [0.2, 0.25) is 0 Å². The Hall–Kier alpha value is -0.810. The van der Waals surface area contributed by atoms with Gasteiger partial charge in [-0.3, -0.25) is 0 Å². The lowest BCUT2D eigenvalue weighted by Crippen LogP contribution is -2.49. The van der Waals surface area contributed by atoms with Crippen LogP contribution in [0.4, 0.5) is 4.79 Å². The van der Waals surface area contributed by atoms with Gasteiger partial charge in [-0.05, 0) is 33.7 Å². The van der Waals surface area contributed by atoms with E-state index in [4.69, 9.17) is 4.74 Å². The molecule has 2 saturated heterocycles. The summed E-state index contributed by atoms with van der Waals surface area (Å²) < 4.78 is 5.33. The predicted molar refractivity (Wildman–Crippen MR) is 63.7 cm³/mol. The number of rotatable bonds is 0. The Morgan fingerprint density at radius 3 is 2.82 bits per heavy atom. The molecule has 2 aliphatic rings. The lowest BCUT2D eigenvalue weighted by molar-refractivity contribution is -0.0135. The van der Waals surface area contributed by atoms with E-state index in [1.54, 1.807) is 4.90 Å². The van der Waals surface area contributed by atoms with Gasteiger partial charge in [0.1, 0.15) is 5.60 Å². The molecule has 0 aromatic carbocycles. The Balaban J connectivity index is 1.99. The van der Waals surface area contributed by atoms with Crippen LogP contribution in [0.5, 0.6) is 0 Å². The molecule has 0 aliphatic carbocycles. The fourth-order valence-electron chi connectivity index (χ4n) is 2.54. The topological polar surface area (TPSA) is 61.8 Å². The molecule has 98 valence electrons. The van der Waals surface area contributed by atoms with Gasteiger partial charge < -0.3 is 20.1 Å². The van der Waals surface area contributed by atoms with Crippen molar-refractivity contribution >= 4 is 6.09 Å². The first kappa shape index (κ1) is 12.6. The molecule has 2 atom stereocenters. The molecule has 2 unspecified atom stereocenters. The van der Waals surface area contributed by atoms with E-state index >= 15 is 0 Å². The highest BCUT2D eigenvalue weighted by Crippen LogP contribution is 2.33. The second kappa shape index (κ2) is 4.14. The van der Waals surface area contributed by atoms with Crippen molar-refractivity contribution in [3.63, 3.8) is 0 Å². The molecule has 2 aliphatic heterocycles. The Labute approximate surface area is 102 Å². The number of amides is 1. The maximum atomic E-state index is 11.9. The SMILES string of the molecule is CC(C)(C)OC(=O)N1CC2CNCCC2(O)C1. The van der Waals surface area contributed by atoms with Gasteiger partial charge in [0.25, 0.3) is 0 Å². The van der Waals surface area contributed by atoms with Crippen LogP contribution < -0.4 is 5.32 Å². The molecule has 1 amide bonds. The van der Waals surface area contributed by atoms with Gasteiger partial charge >= 0.3 is 6.09 Å². The number of β-amino-alcohol motifs (C(OH)–C–C–N with tert-alkyl or cyclic N) is 1. The molecule has 5 nitrogen and oxygen atoms in total. The highest BCUT2D eigenvalue weighted by Gasteiger charge is 2.48. The van der Waals surface area contributed by atoms with Crippen molar-refractivity contribution in [2.45, 2.75) is 38.4 Å². The number of hydrogen-bond donors (Lipinski definition) is 2. The molecule has 2 heterocycles. The van der Waals surface area contributed by atoms with Crippen molar-refractivity contribution in [1.29, 1.82) is 0 Å². The molecule has 2 fully saturated rings. The largest absolute Gasteiger partial charge is 0.444 e. The molecule has 0 aromatic heterocycles. The predicted octanol–water partition coefficient (Wildman–Crippen LogP) is 0.578. The zero-order chi connectivity index (χ0) is 12.7. The Morgan fingerprint density at radius 2 is 2.24 bits per heavy atom. The maximum absolute atomic E-state index is 11.9. The van der Waals surface area contributed by atoms with Crippen LogP contribution in [0.25, 0.3) is 0 Å². The smallest absolute Gasteiger partial charge is 0.410 e. The molecule has 0 radical (unpaired) electrons. The van der Waals surface area contributed by atoms with Crippen LogP contribution in [0, 0.1) is 5.92 Å². The van der Waals surface area contributed by atoms with Gasteiger partial charge in [-0.2, -0.15) is 0 Å². The minimum atomic E-state index is -0.720. The molecule has 0 spiro atoms. The molecule has 0 aromatic rings. The number of carbonyl (C=O) groups excluding carboxylic acids is 1. The van der Waals surface area contributed by atoms with Gasteiger partial charge in [0.05, 0.1) is 12.1 Å². The Bertz CT molecular complexity index is 313. The van der Waals surface area contributed by atoms with E-state index in [9.17, 15) is 9.90 Å². The minimum absolute atomic E-state index is 0.128. The highest BCUT2D eigenvalue weighted by atomic mass is 16.6. The summed E-state index contributed by atoms with van der Waals surface area (Å²) in [7, 11) is 0. The van der Waals surface area contributed by atoms with Crippen LogP contribution in [0.15, 0.2) is 0 Å². The zero-order valence-electron chi connectivity index (χ0n) is 10.8. The quantitative estimate of drug-likeness (QED) is 0.652. The monoisotopic (exact) mass is 242 g/mol. The second-order valence-electron chi connectivity index (χ2n) is 6.12. The van der Waals surface area contributed by atoms with Gasteiger partial charge in [-0.1, -0.05) is 0 Å². The average Bonchev–Trinajstić information content (AvgIpc) is 2.52. The average molecular weight is 242 g/mol. The summed E-state index contributed by atoms with van der Waals surface area (Å²) in [5.41, 5.74) is -1.20. The number of carbonyl (C=O) groups is 1. The number of hydrogen-bond acceptors (Lipinski definition) is 4. The summed E-state index contributed by atoms with van der Waals surface area (Å²) in [4.78, 5) is 13.5. The number of piperidine rings is 1. The van der Waals surface area contributed by atoms with Crippen LogP contribution in [0.3, 0.4) is 0 Å². The fraction of sp³-hybridized carbons (Fsp3) is 0.917. The van der Waals surface area contributed by atoms with Crippen LogP contribution in [-0.2, 0) is 4.74 Å². The van der Waals surface area contributed by atoms with Crippen LogP contribution in [-0.4, -0.2) is 53.5 Å².